The van der Waals surface area contributed by atoms with Crippen LogP contribution in [0.1, 0.15) is 17.2 Å². The molecule has 2 aromatic carbocycles. The number of rotatable bonds is 5. The van der Waals surface area contributed by atoms with Gasteiger partial charge in [-0.3, -0.25) is 0 Å². The van der Waals surface area contributed by atoms with Gasteiger partial charge in [0.15, 0.2) is 0 Å². The molecule has 2 aromatic rings. The van der Waals surface area contributed by atoms with Gasteiger partial charge in [-0.15, -0.1) is 0 Å². The summed E-state index contributed by atoms with van der Waals surface area (Å²) >= 11 is 6.05. The lowest BCUT2D eigenvalue weighted by Gasteiger charge is -2.14. The Kier molecular flexibility index (Phi) is 5.04. The number of halogens is 1. The van der Waals surface area contributed by atoms with Crippen LogP contribution in [0.15, 0.2) is 42.5 Å². The highest BCUT2D eigenvalue weighted by Crippen LogP contribution is 2.24. The van der Waals surface area contributed by atoms with Crippen molar-refractivity contribution in [2.45, 2.75) is 6.10 Å². The molecule has 0 fully saturated rings. The average molecular weight is 303 g/mol. The molecule has 0 saturated carbocycles. The zero-order valence-corrected chi connectivity index (χ0v) is 12.3. The van der Waals surface area contributed by atoms with E-state index in [1.807, 2.05) is 0 Å². The van der Waals surface area contributed by atoms with Crippen molar-refractivity contribution in [2.24, 2.45) is 0 Å². The predicted octanol–water partition coefficient (Wildman–Crippen LogP) is 3.37. The van der Waals surface area contributed by atoms with E-state index >= 15 is 0 Å². The van der Waals surface area contributed by atoms with Crippen molar-refractivity contribution in [1.82, 2.24) is 0 Å². The molecule has 0 aliphatic rings. The van der Waals surface area contributed by atoms with Crippen molar-refractivity contribution in [1.29, 1.82) is 5.26 Å². The summed E-state index contributed by atoms with van der Waals surface area (Å²) in [5.41, 5.74) is 1.92. The van der Waals surface area contributed by atoms with Gasteiger partial charge in [0, 0.05) is 6.54 Å². The Hall–Kier alpha value is -2.22. The molecule has 4 nitrogen and oxygen atoms in total. The van der Waals surface area contributed by atoms with Gasteiger partial charge < -0.3 is 15.2 Å². The molecule has 0 spiro atoms. The van der Waals surface area contributed by atoms with Crippen molar-refractivity contribution in [3.8, 4) is 11.8 Å². The zero-order chi connectivity index (χ0) is 15.2. The second kappa shape index (κ2) is 6.98. The van der Waals surface area contributed by atoms with Crippen LogP contribution in [-0.2, 0) is 0 Å². The Labute approximate surface area is 128 Å². The van der Waals surface area contributed by atoms with E-state index in [2.05, 4.69) is 11.4 Å². The van der Waals surface area contributed by atoms with E-state index in [9.17, 15) is 5.11 Å². The summed E-state index contributed by atoms with van der Waals surface area (Å²) < 4.78 is 5.07. The smallest absolute Gasteiger partial charge is 0.118 e. The molecule has 0 bridgehead atoms. The normalized spacial score (nSPS) is 11.5. The first-order chi connectivity index (χ1) is 10.1. The summed E-state index contributed by atoms with van der Waals surface area (Å²) in [6, 6.07) is 14.2. The van der Waals surface area contributed by atoms with Crippen LogP contribution in [0.3, 0.4) is 0 Å². The van der Waals surface area contributed by atoms with Crippen LogP contribution >= 0.6 is 11.6 Å². The minimum atomic E-state index is -0.683. The molecule has 5 heteroatoms. The molecule has 0 aliphatic heterocycles. The molecular weight excluding hydrogens is 288 g/mol. The molecule has 0 aromatic heterocycles. The van der Waals surface area contributed by atoms with Crippen molar-refractivity contribution in [3.63, 3.8) is 0 Å². The first kappa shape index (κ1) is 15.2. The Morgan fingerprint density at radius 1 is 1.29 bits per heavy atom. The largest absolute Gasteiger partial charge is 0.497 e. The summed E-state index contributed by atoms with van der Waals surface area (Å²) in [4.78, 5) is 0. The fourth-order valence-electron chi connectivity index (χ4n) is 1.88. The molecular formula is C16H15ClN2O2. The number of nitriles is 1. The summed E-state index contributed by atoms with van der Waals surface area (Å²) in [5.74, 6) is 0.740. The summed E-state index contributed by atoms with van der Waals surface area (Å²) in [7, 11) is 1.59. The van der Waals surface area contributed by atoms with Gasteiger partial charge >= 0.3 is 0 Å². The molecule has 0 heterocycles. The lowest BCUT2D eigenvalue weighted by molar-refractivity contribution is 0.191. The number of ether oxygens (including phenoxy) is 1. The maximum atomic E-state index is 10.2. The third kappa shape index (κ3) is 3.88. The van der Waals surface area contributed by atoms with E-state index in [0.717, 1.165) is 11.3 Å². The highest BCUT2D eigenvalue weighted by atomic mass is 35.5. The maximum Gasteiger partial charge on any atom is 0.118 e. The van der Waals surface area contributed by atoms with Gasteiger partial charge in [0.05, 0.1) is 35.6 Å². The summed E-state index contributed by atoms with van der Waals surface area (Å²) in [6.07, 6.45) is -0.683. The second-order valence-corrected chi connectivity index (χ2v) is 4.88. The van der Waals surface area contributed by atoms with Crippen LogP contribution in [0, 0.1) is 11.3 Å². The molecule has 1 atom stereocenters. The lowest BCUT2D eigenvalue weighted by Crippen LogP contribution is -2.12. The molecule has 0 radical (unpaired) electrons. The lowest BCUT2D eigenvalue weighted by atomic mass is 10.1. The van der Waals surface area contributed by atoms with E-state index in [0.29, 0.717) is 22.8 Å². The fraction of sp³-hybridized carbons (Fsp3) is 0.188. The van der Waals surface area contributed by atoms with E-state index in [4.69, 9.17) is 21.6 Å². The standard InChI is InChI=1S/C16H15ClN2O2/c1-21-13-5-3-12(4-6-13)16(20)10-19-15-8-11(9-18)2-7-14(15)17/h2-8,16,19-20H,10H2,1H3. The van der Waals surface area contributed by atoms with Crippen molar-refractivity contribution >= 4 is 17.3 Å². The van der Waals surface area contributed by atoms with Gasteiger partial charge in [0.1, 0.15) is 5.75 Å². The van der Waals surface area contributed by atoms with Crippen molar-refractivity contribution < 1.29 is 9.84 Å². The Balaban J connectivity index is 2.03. The molecule has 21 heavy (non-hydrogen) atoms. The zero-order valence-electron chi connectivity index (χ0n) is 11.5. The Morgan fingerprint density at radius 3 is 2.62 bits per heavy atom. The SMILES string of the molecule is COc1ccc(C(O)CNc2cc(C#N)ccc2Cl)cc1. The number of benzene rings is 2. The highest BCUT2D eigenvalue weighted by Gasteiger charge is 2.09. The van der Waals surface area contributed by atoms with Gasteiger partial charge in [0.2, 0.25) is 0 Å². The first-order valence-electron chi connectivity index (χ1n) is 6.39. The highest BCUT2D eigenvalue weighted by molar-refractivity contribution is 6.33. The Morgan fingerprint density at radius 2 is 2.00 bits per heavy atom. The molecule has 2 rings (SSSR count). The number of hydrogen-bond donors (Lipinski definition) is 2. The molecule has 0 aliphatic carbocycles. The molecule has 0 amide bonds. The van der Waals surface area contributed by atoms with Crippen LogP contribution < -0.4 is 10.1 Å². The minimum absolute atomic E-state index is 0.293. The molecule has 2 N–H and O–H groups in total. The van der Waals surface area contributed by atoms with E-state index in [-0.39, 0.29) is 0 Å². The number of aliphatic hydroxyl groups excluding tert-OH is 1. The number of methoxy groups -OCH3 is 1. The fourth-order valence-corrected chi connectivity index (χ4v) is 2.07. The molecule has 0 saturated heterocycles. The average Bonchev–Trinajstić information content (AvgIpc) is 2.54. The van der Waals surface area contributed by atoms with E-state index in [1.165, 1.54) is 0 Å². The maximum absolute atomic E-state index is 10.2. The second-order valence-electron chi connectivity index (χ2n) is 4.48. The number of nitrogens with one attached hydrogen (secondary N) is 1. The van der Waals surface area contributed by atoms with Crippen molar-refractivity contribution in [2.75, 3.05) is 19.0 Å². The van der Waals surface area contributed by atoms with E-state index < -0.39 is 6.10 Å². The topological polar surface area (TPSA) is 65.3 Å². The summed E-state index contributed by atoms with van der Waals surface area (Å²) in [6.45, 7) is 0.293. The minimum Gasteiger partial charge on any atom is -0.497 e. The van der Waals surface area contributed by atoms with Crippen LogP contribution in [0.2, 0.25) is 5.02 Å². The number of anilines is 1. The van der Waals surface area contributed by atoms with Crippen LogP contribution in [0.5, 0.6) is 5.75 Å². The van der Waals surface area contributed by atoms with Crippen molar-refractivity contribution in [3.05, 3.63) is 58.6 Å². The van der Waals surface area contributed by atoms with Crippen LogP contribution in [0.4, 0.5) is 5.69 Å². The monoisotopic (exact) mass is 302 g/mol. The quantitative estimate of drug-likeness (QED) is 0.889. The van der Waals surface area contributed by atoms with Gasteiger partial charge in [-0.2, -0.15) is 5.26 Å². The number of aliphatic hydroxyl groups is 1. The van der Waals surface area contributed by atoms with Gasteiger partial charge in [-0.1, -0.05) is 23.7 Å². The molecule has 1 unspecified atom stereocenters. The number of hydrogen-bond acceptors (Lipinski definition) is 4. The number of nitrogens with zero attached hydrogens (tertiary/aromatic N) is 1. The van der Waals surface area contributed by atoms with Gasteiger partial charge in [-0.05, 0) is 35.9 Å². The third-order valence-electron chi connectivity index (χ3n) is 3.08. The predicted molar refractivity (Wildman–Crippen MR) is 82.6 cm³/mol. The van der Waals surface area contributed by atoms with Gasteiger partial charge in [0.25, 0.3) is 0 Å². The third-order valence-corrected chi connectivity index (χ3v) is 3.41. The Bertz CT molecular complexity index is 650. The van der Waals surface area contributed by atoms with Crippen LogP contribution in [-0.4, -0.2) is 18.8 Å². The van der Waals surface area contributed by atoms with Crippen LogP contribution in [0.25, 0.3) is 0 Å². The molecule has 108 valence electrons. The first-order valence-corrected chi connectivity index (χ1v) is 6.77. The van der Waals surface area contributed by atoms with E-state index in [1.54, 1.807) is 49.6 Å². The van der Waals surface area contributed by atoms with Gasteiger partial charge in [-0.25, -0.2) is 0 Å². The summed E-state index contributed by atoms with van der Waals surface area (Å²) in [5, 5.41) is 22.6.